The number of benzene rings is 1. The van der Waals surface area contributed by atoms with Crippen LogP contribution in [0, 0.1) is 0 Å². The van der Waals surface area contributed by atoms with Crippen molar-refractivity contribution >= 4 is 29.2 Å². The Balaban J connectivity index is 2.56. The normalized spacial score (nSPS) is 12.0. The summed E-state index contributed by atoms with van der Waals surface area (Å²) in [5.74, 6) is -1.15. The number of halogens is 6. The van der Waals surface area contributed by atoms with E-state index in [1.54, 1.807) is 6.26 Å². The van der Waals surface area contributed by atoms with Crippen molar-refractivity contribution in [3.05, 3.63) is 41.1 Å². The zero-order valence-corrected chi connectivity index (χ0v) is 15.2. The SMILES string of the molecule is CCOC(=O)c1cnc(SC)nc1Nc1cc(C(F)(F)F)cc(C(F)(F)F)c1. The van der Waals surface area contributed by atoms with Crippen LogP contribution >= 0.6 is 11.8 Å². The van der Waals surface area contributed by atoms with E-state index in [1.807, 2.05) is 0 Å². The number of thioether (sulfide) groups is 1. The van der Waals surface area contributed by atoms with Crippen molar-refractivity contribution in [1.29, 1.82) is 0 Å². The fourth-order valence-corrected chi connectivity index (χ4v) is 2.42. The summed E-state index contributed by atoms with van der Waals surface area (Å²) in [5.41, 5.74) is -3.77. The Morgan fingerprint density at radius 1 is 1.11 bits per heavy atom. The van der Waals surface area contributed by atoms with Crippen LogP contribution < -0.4 is 5.32 Å². The molecule has 2 aromatic rings. The van der Waals surface area contributed by atoms with E-state index in [1.165, 1.54) is 6.92 Å². The van der Waals surface area contributed by atoms with E-state index >= 15 is 0 Å². The standard InChI is InChI=1S/C16H13F6N3O2S/c1-3-27-13(26)11-7-23-14(28-2)25-12(11)24-10-5-8(15(17,18)19)4-9(6-10)16(20,21)22/h4-7H,3H2,1-2H3,(H,23,24,25). The lowest BCUT2D eigenvalue weighted by Gasteiger charge is -2.16. The van der Waals surface area contributed by atoms with Crippen molar-refractivity contribution in [3.8, 4) is 0 Å². The maximum Gasteiger partial charge on any atom is 0.416 e. The molecule has 0 spiro atoms. The molecule has 1 heterocycles. The smallest absolute Gasteiger partial charge is 0.416 e. The van der Waals surface area contributed by atoms with Gasteiger partial charge in [-0.1, -0.05) is 11.8 Å². The van der Waals surface area contributed by atoms with E-state index in [2.05, 4.69) is 15.3 Å². The topological polar surface area (TPSA) is 64.1 Å². The van der Waals surface area contributed by atoms with E-state index in [-0.39, 0.29) is 29.2 Å². The van der Waals surface area contributed by atoms with Crippen molar-refractivity contribution in [2.24, 2.45) is 0 Å². The van der Waals surface area contributed by atoms with Crippen LogP contribution in [0.25, 0.3) is 0 Å². The molecular formula is C16H13F6N3O2S. The molecule has 0 atom stereocenters. The van der Waals surface area contributed by atoms with Gasteiger partial charge in [0.1, 0.15) is 11.4 Å². The van der Waals surface area contributed by atoms with Gasteiger partial charge in [-0.15, -0.1) is 0 Å². The largest absolute Gasteiger partial charge is 0.462 e. The number of nitrogens with one attached hydrogen (secondary N) is 1. The Kier molecular flexibility index (Phi) is 6.42. The minimum atomic E-state index is -5.00. The fourth-order valence-electron chi connectivity index (χ4n) is 2.08. The van der Waals surface area contributed by atoms with Crippen LogP contribution in [0.1, 0.15) is 28.4 Å². The molecule has 0 fully saturated rings. The molecule has 0 radical (unpaired) electrons. The highest BCUT2D eigenvalue weighted by Gasteiger charge is 2.37. The Morgan fingerprint density at radius 3 is 2.14 bits per heavy atom. The average Bonchev–Trinajstić information content (AvgIpc) is 2.60. The van der Waals surface area contributed by atoms with Gasteiger partial charge in [-0.25, -0.2) is 14.8 Å². The highest BCUT2D eigenvalue weighted by molar-refractivity contribution is 7.98. The van der Waals surface area contributed by atoms with Crippen molar-refractivity contribution < 1.29 is 35.9 Å². The highest BCUT2D eigenvalue weighted by Crippen LogP contribution is 2.38. The van der Waals surface area contributed by atoms with Gasteiger partial charge >= 0.3 is 18.3 Å². The summed E-state index contributed by atoms with van der Waals surface area (Å²) in [4.78, 5) is 19.8. The number of hydrogen-bond acceptors (Lipinski definition) is 6. The molecule has 0 aliphatic rings. The summed E-state index contributed by atoms with van der Waals surface area (Å²) in [5, 5.41) is 2.50. The van der Waals surface area contributed by atoms with Gasteiger partial charge in [0, 0.05) is 11.9 Å². The van der Waals surface area contributed by atoms with Crippen molar-refractivity contribution in [2.75, 3.05) is 18.2 Å². The summed E-state index contributed by atoms with van der Waals surface area (Å²) in [7, 11) is 0. The number of hydrogen-bond donors (Lipinski definition) is 1. The van der Waals surface area contributed by atoms with Crippen LogP contribution in [0.15, 0.2) is 29.6 Å². The molecule has 0 unspecified atom stereocenters. The van der Waals surface area contributed by atoms with Crippen LogP contribution in [0.3, 0.4) is 0 Å². The third kappa shape index (κ3) is 5.27. The zero-order valence-electron chi connectivity index (χ0n) is 14.4. The second-order valence-electron chi connectivity index (χ2n) is 5.26. The maximum atomic E-state index is 13.0. The van der Waals surface area contributed by atoms with E-state index in [9.17, 15) is 31.1 Å². The molecule has 1 aromatic carbocycles. The first-order chi connectivity index (χ1) is 13.0. The summed E-state index contributed by atoms with van der Waals surface area (Å²) in [6, 6.07) is 0.987. The molecule has 0 aliphatic carbocycles. The number of alkyl halides is 6. The predicted octanol–water partition coefficient (Wildman–Crippen LogP) is 5.16. The molecule has 0 amide bonds. The lowest BCUT2D eigenvalue weighted by molar-refractivity contribution is -0.143. The number of carbonyl (C=O) groups is 1. The fraction of sp³-hybridized carbons (Fsp3) is 0.312. The quantitative estimate of drug-likeness (QED) is 0.309. The van der Waals surface area contributed by atoms with E-state index in [4.69, 9.17) is 4.74 Å². The van der Waals surface area contributed by atoms with Crippen molar-refractivity contribution in [2.45, 2.75) is 24.4 Å². The van der Waals surface area contributed by atoms with Gasteiger partial charge in [0.25, 0.3) is 0 Å². The number of esters is 1. The number of anilines is 2. The molecule has 1 aromatic heterocycles. The maximum absolute atomic E-state index is 13.0. The molecule has 28 heavy (non-hydrogen) atoms. The molecule has 152 valence electrons. The van der Waals surface area contributed by atoms with Crippen LogP contribution in [-0.4, -0.2) is 28.8 Å². The summed E-state index contributed by atoms with van der Waals surface area (Å²) in [6.45, 7) is 1.54. The van der Waals surface area contributed by atoms with E-state index in [0.29, 0.717) is 12.1 Å². The lowest BCUT2D eigenvalue weighted by atomic mass is 10.1. The first kappa shape index (κ1) is 21.8. The van der Waals surface area contributed by atoms with Crippen LogP contribution in [-0.2, 0) is 17.1 Å². The number of rotatable bonds is 5. The molecule has 0 saturated carbocycles. The molecule has 0 bridgehead atoms. The van der Waals surface area contributed by atoms with Gasteiger partial charge in [0.2, 0.25) is 0 Å². The first-order valence-corrected chi connectivity index (χ1v) is 8.82. The van der Waals surface area contributed by atoms with E-state index < -0.39 is 35.1 Å². The van der Waals surface area contributed by atoms with Gasteiger partial charge in [-0.05, 0) is 31.4 Å². The zero-order chi connectivity index (χ0) is 21.1. The average molecular weight is 425 g/mol. The number of aromatic nitrogens is 2. The summed E-state index contributed by atoms with van der Waals surface area (Å²) in [6.07, 6.45) is -7.32. The summed E-state index contributed by atoms with van der Waals surface area (Å²) < 4.78 is 82.8. The van der Waals surface area contributed by atoms with Crippen LogP contribution in [0.4, 0.5) is 37.8 Å². The second-order valence-corrected chi connectivity index (χ2v) is 6.03. The predicted molar refractivity (Wildman–Crippen MR) is 89.5 cm³/mol. The Bertz CT molecular complexity index is 838. The lowest BCUT2D eigenvalue weighted by Crippen LogP contribution is -2.13. The van der Waals surface area contributed by atoms with Gasteiger partial charge < -0.3 is 10.1 Å². The molecular weight excluding hydrogens is 412 g/mol. The molecule has 1 N–H and O–H groups in total. The van der Waals surface area contributed by atoms with Gasteiger partial charge in [0.15, 0.2) is 5.16 Å². The third-order valence-electron chi connectivity index (χ3n) is 3.29. The minimum Gasteiger partial charge on any atom is -0.462 e. The Labute approximate surface area is 159 Å². The highest BCUT2D eigenvalue weighted by atomic mass is 32.2. The van der Waals surface area contributed by atoms with Gasteiger partial charge in [-0.2, -0.15) is 26.3 Å². The van der Waals surface area contributed by atoms with Crippen molar-refractivity contribution in [1.82, 2.24) is 9.97 Å². The van der Waals surface area contributed by atoms with Crippen LogP contribution in [0.5, 0.6) is 0 Å². The molecule has 12 heteroatoms. The molecule has 0 saturated heterocycles. The summed E-state index contributed by atoms with van der Waals surface area (Å²) >= 11 is 1.07. The number of carbonyl (C=O) groups excluding carboxylic acids is 1. The minimum absolute atomic E-state index is 0.00430. The molecule has 2 rings (SSSR count). The first-order valence-electron chi connectivity index (χ1n) is 7.60. The van der Waals surface area contributed by atoms with Gasteiger partial charge in [-0.3, -0.25) is 0 Å². The van der Waals surface area contributed by atoms with Crippen LogP contribution in [0.2, 0.25) is 0 Å². The molecule has 5 nitrogen and oxygen atoms in total. The Morgan fingerprint density at radius 2 is 1.68 bits per heavy atom. The second kappa shape index (κ2) is 8.25. The number of nitrogens with zero attached hydrogens (tertiary/aromatic N) is 2. The van der Waals surface area contributed by atoms with Gasteiger partial charge in [0.05, 0.1) is 17.7 Å². The third-order valence-corrected chi connectivity index (χ3v) is 3.86. The van der Waals surface area contributed by atoms with E-state index in [0.717, 1.165) is 18.0 Å². The Hall–Kier alpha value is -2.50. The van der Waals surface area contributed by atoms with Crippen molar-refractivity contribution in [3.63, 3.8) is 0 Å². The molecule has 0 aliphatic heterocycles. The number of ether oxygens (including phenoxy) is 1. The monoisotopic (exact) mass is 425 g/mol.